The second-order valence-corrected chi connectivity index (χ2v) is 5.05. The fraction of sp³-hybridized carbons (Fsp3) is 0.143. The molecule has 6 heteroatoms. The first kappa shape index (κ1) is 13.1. The Labute approximate surface area is 122 Å². The Morgan fingerprint density at radius 1 is 1.40 bits per heavy atom. The number of rotatable bonds is 3. The van der Waals surface area contributed by atoms with Gasteiger partial charge in [-0.05, 0) is 22.0 Å². The van der Waals surface area contributed by atoms with Crippen LogP contribution in [0.5, 0.6) is 0 Å². The number of fused-ring (bicyclic) bond motifs is 1. The molecule has 0 aliphatic carbocycles. The highest BCUT2D eigenvalue weighted by atomic mass is 79.9. The number of halogens is 1. The molecule has 0 atom stereocenters. The van der Waals surface area contributed by atoms with Crippen LogP contribution >= 0.6 is 15.9 Å². The van der Waals surface area contributed by atoms with E-state index in [1.807, 2.05) is 24.3 Å². The van der Waals surface area contributed by atoms with Gasteiger partial charge in [-0.1, -0.05) is 18.2 Å². The first-order valence-corrected chi connectivity index (χ1v) is 6.74. The molecule has 0 bridgehead atoms. The van der Waals surface area contributed by atoms with Crippen LogP contribution in [0, 0.1) is 0 Å². The van der Waals surface area contributed by atoms with Gasteiger partial charge in [0.15, 0.2) is 0 Å². The first-order chi connectivity index (χ1) is 9.70. The van der Waals surface area contributed by atoms with Crippen molar-refractivity contribution in [2.45, 2.75) is 6.61 Å². The summed E-state index contributed by atoms with van der Waals surface area (Å²) in [4.78, 5) is 19.1. The van der Waals surface area contributed by atoms with Gasteiger partial charge >= 0.3 is 0 Å². The lowest BCUT2D eigenvalue weighted by molar-refractivity contribution is 0.180. The van der Waals surface area contributed by atoms with Crippen molar-refractivity contribution in [2.24, 2.45) is 0 Å². The van der Waals surface area contributed by atoms with E-state index in [0.29, 0.717) is 16.0 Å². The molecule has 0 amide bonds. The van der Waals surface area contributed by atoms with E-state index in [0.717, 1.165) is 16.5 Å². The number of benzene rings is 1. The number of nitrogens with one attached hydrogen (secondary N) is 1. The minimum atomic E-state index is -0.243. The van der Waals surface area contributed by atoms with E-state index in [-0.39, 0.29) is 12.2 Å². The first-order valence-electron chi connectivity index (χ1n) is 5.95. The zero-order chi connectivity index (χ0) is 14.1. The summed E-state index contributed by atoms with van der Waals surface area (Å²) in [7, 11) is 1.56. The van der Waals surface area contributed by atoms with Crippen LogP contribution in [0.2, 0.25) is 0 Å². The van der Waals surface area contributed by atoms with Crippen LogP contribution in [0.25, 0.3) is 22.4 Å². The van der Waals surface area contributed by atoms with Gasteiger partial charge in [0, 0.05) is 12.5 Å². The highest BCUT2D eigenvalue weighted by Crippen LogP contribution is 2.28. The zero-order valence-electron chi connectivity index (χ0n) is 10.6. The van der Waals surface area contributed by atoms with Gasteiger partial charge in [0.1, 0.15) is 22.1 Å². The molecule has 0 saturated heterocycles. The third-order valence-corrected chi connectivity index (χ3v) is 3.77. The summed E-state index contributed by atoms with van der Waals surface area (Å²) in [6.45, 7) is 0.257. The summed E-state index contributed by atoms with van der Waals surface area (Å²) < 4.78 is 10.9. The molecule has 3 rings (SSSR count). The smallest absolute Gasteiger partial charge is 0.265 e. The maximum Gasteiger partial charge on any atom is 0.265 e. The number of H-pyrrole nitrogens is 1. The third kappa shape index (κ3) is 2.17. The van der Waals surface area contributed by atoms with Crippen LogP contribution < -0.4 is 5.56 Å². The van der Waals surface area contributed by atoms with Crippen molar-refractivity contribution in [1.29, 1.82) is 0 Å². The highest BCUT2D eigenvalue weighted by Gasteiger charge is 2.14. The van der Waals surface area contributed by atoms with Gasteiger partial charge in [-0.3, -0.25) is 4.79 Å². The van der Waals surface area contributed by atoms with Crippen molar-refractivity contribution < 1.29 is 9.15 Å². The summed E-state index contributed by atoms with van der Waals surface area (Å²) in [5, 5.41) is 0.904. The highest BCUT2D eigenvalue weighted by molar-refractivity contribution is 9.10. The predicted octanol–water partition coefficient (Wildman–Crippen LogP) is 3.09. The molecule has 102 valence electrons. The van der Waals surface area contributed by atoms with E-state index >= 15 is 0 Å². The van der Waals surface area contributed by atoms with Crippen molar-refractivity contribution in [3.05, 3.63) is 51.0 Å². The van der Waals surface area contributed by atoms with Crippen molar-refractivity contribution in [3.8, 4) is 11.4 Å². The molecule has 0 spiro atoms. The fourth-order valence-electron chi connectivity index (χ4n) is 2.03. The van der Waals surface area contributed by atoms with Crippen molar-refractivity contribution in [1.82, 2.24) is 9.97 Å². The lowest BCUT2D eigenvalue weighted by Crippen LogP contribution is -2.14. The van der Waals surface area contributed by atoms with Gasteiger partial charge < -0.3 is 14.1 Å². The topological polar surface area (TPSA) is 68.1 Å². The molecule has 5 nitrogen and oxygen atoms in total. The van der Waals surface area contributed by atoms with E-state index in [2.05, 4.69) is 25.9 Å². The lowest BCUT2D eigenvalue weighted by atomic mass is 10.1. The van der Waals surface area contributed by atoms with Gasteiger partial charge in [0.25, 0.3) is 5.56 Å². The molecule has 20 heavy (non-hydrogen) atoms. The van der Waals surface area contributed by atoms with E-state index < -0.39 is 0 Å². The molecular formula is C14H11BrN2O3. The quantitative estimate of drug-likeness (QED) is 0.799. The monoisotopic (exact) mass is 334 g/mol. The number of para-hydroxylation sites is 1. The minimum Gasteiger partial charge on any atom is -0.464 e. The van der Waals surface area contributed by atoms with Crippen molar-refractivity contribution in [2.75, 3.05) is 7.11 Å². The Morgan fingerprint density at radius 3 is 3.00 bits per heavy atom. The number of furan rings is 1. The number of aromatic amines is 1. The zero-order valence-corrected chi connectivity index (χ0v) is 12.2. The van der Waals surface area contributed by atoms with E-state index in [4.69, 9.17) is 9.15 Å². The van der Waals surface area contributed by atoms with Crippen LogP contribution in [0.1, 0.15) is 5.69 Å². The molecule has 0 fully saturated rings. The summed E-state index contributed by atoms with van der Waals surface area (Å²) in [5.74, 6) is 0.468. The second kappa shape index (κ2) is 5.22. The summed E-state index contributed by atoms with van der Waals surface area (Å²) >= 11 is 3.22. The van der Waals surface area contributed by atoms with Crippen molar-refractivity contribution >= 4 is 26.9 Å². The van der Waals surface area contributed by atoms with E-state index in [1.165, 1.54) is 0 Å². The Hall–Kier alpha value is -1.92. The number of methoxy groups -OCH3 is 1. The molecule has 0 unspecified atom stereocenters. The van der Waals surface area contributed by atoms with Crippen LogP contribution in [0.15, 0.2) is 44.2 Å². The average Bonchev–Trinajstić information content (AvgIpc) is 2.88. The van der Waals surface area contributed by atoms with Gasteiger partial charge in [-0.2, -0.15) is 0 Å². The van der Waals surface area contributed by atoms with Crippen LogP contribution in [-0.2, 0) is 11.3 Å². The van der Waals surface area contributed by atoms with E-state index in [9.17, 15) is 4.79 Å². The molecule has 2 aromatic heterocycles. The largest absolute Gasteiger partial charge is 0.464 e. The SMILES string of the molecule is COCc1nc(-c2coc3ccccc23)[nH]c(=O)c1Br. The van der Waals surface area contributed by atoms with Crippen LogP contribution in [0.4, 0.5) is 0 Å². The molecule has 0 aliphatic rings. The van der Waals surface area contributed by atoms with Gasteiger partial charge in [-0.25, -0.2) is 4.98 Å². The fourth-order valence-corrected chi connectivity index (χ4v) is 2.33. The Kier molecular flexibility index (Phi) is 3.42. The van der Waals surface area contributed by atoms with Crippen molar-refractivity contribution in [3.63, 3.8) is 0 Å². The molecule has 2 heterocycles. The standard InChI is InChI=1S/C14H11BrN2O3/c1-19-7-10-12(15)14(18)17-13(16-10)9-6-20-11-5-3-2-4-8(9)11/h2-6H,7H2,1H3,(H,16,17,18). The maximum absolute atomic E-state index is 11.9. The summed E-state index contributed by atoms with van der Waals surface area (Å²) in [6, 6.07) is 7.59. The normalized spacial score (nSPS) is 11.1. The molecular weight excluding hydrogens is 324 g/mol. The minimum absolute atomic E-state index is 0.243. The maximum atomic E-state index is 11.9. The Morgan fingerprint density at radius 2 is 2.20 bits per heavy atom. The van der Waals surface area contributed by atoms with E-state index in [1.54, 1.807) is 13.4 Å². The van der Waals surface area contributed by atoms with Crippen LogP contribution in [-0.4, -0.2) is 17.1 Å². The molecule has 3 aromatic rings. The Bertz CT molecular complexity index is 823. The summed E-state index contributed by atoms with van der Waals surface area (Å²) in [5.41, 5.74) is 1.81. The third-order valence-electron chi connectivity index (χ3n) is 2.95. The number of hydrogen-bond acceptors (Lipinski definition) is 4. The number of hydrogen-bond donors (Lipinski definition) is 1. The number of ether oxygens (including phenoxy) is 1. The average molecular weight is 335 g/mol. The van der Waals surface area contributed by atoms with Gasteiger partial charge in [0.2, 0.25) is 0 Å². The lowest BCUT2D eigenvalue weighted by Gasteiger charge is -2.04. The summed E-state index contributed by atoms with van der Waals surface area (Å²) in [6.07, 6.45) is 1.59. The van der Waals surface area contributed by atoms with Gasteiger partial charge in [0.05, 0.1) is 17.9 Å². The molecule has 0 saturated carbocycles. The predicted molar refractivity (Wildman–Crippen MR) is 78.5 cm³/mol. The van der Waals surface area contributed by atoms with Crippen LogP contribution in [0.3, 0.4) is 0 Å². The number of nitrogens with zero attached hydrogens (tertiary/aromatic N) is 1. The molecule has 0 aliphatic heterocycles. The molecule has 1 N–H and O–H groups in total. The Balaban J connectivity index is 2.22. The second-order valence-electron chi connectivity index (χ2n) is 4.25. The van der Waals surface area contributed by atoms with Gasteiger partial charge in [-0.15, -0.1) is 0 Å². The molecule has 0 radical (unpaired) electrons. The molecule has 1 aromatic carbocycles. The number of aromatic nitrogens is 2.